The van der Waals surface area contributed by atoms with Crippen molar-refractivity contribution in [2.75, 3.05) is 13.2 Å². The molecule has 0 N–H and O–H groups in total. The third-order valence-corrected chi connectivity index (χ3v) is 15.1. The van der Waals surface area contributed by atoms with Gasteiger partial charge in [0, 0.05) is 19.3 Å². The molecule has 0 rings (SSSR count). The predicted molar refractivity (Wildman–Crippen MR) is 330 cm³/mol. The average Bonchev–Trinajstić information content (AvgIpc) is 3.42. The van der Waals surface area contributed by atoms with Crippen molar-refractivity contribution in [2.24, 2.45) is 0 Å². The van der Waals surface area contributed by atoms with Crippen LogP contribution in [-0.4, -0.2) is 37.2 Å². The van der Waals surface area contributed by atoms with E-state index in [0.29, 0.717) is 19.3 Å². The van der Waals surface area contributed by atoms with Crippen LogP contribution in [0.15, 0.2) is 48.6 Å². The van der Waals surface area contributed by atoms with E-state index in [1.54, 1.807) is 0 Å². The van der Waals surface area contributed by atoms with Crippen LogP contribution >= 0.6 is 0 Å². The first-order chi connectivity index (χ1) is 37.5. The van der Waals surface area contributed by atoms with Crippen molar-refractivity contribution in [1.82, 2.24) is 0 Å². The number of hydrogen-bond donors (Lipinski definition) is 0. The zero-order valence-electron chi connectivity index (χ0n) is 51.0. The minimum atomic E-state index is -0.781. The van der Waals surface area contributed by atoms with Gasteiger partial charge in [0.05, 0.1) is 0 Å². The Hall–Kier alpha value is -2.63. The molecular formula is C70H128O6. The number of unbranched alkanes of at least 4 members (excludes halogenated alkanes) is 43. The first kappa shape index (κ1) is 73.4. The smallest absolute Gasteiger partial charge is 0.306 e. The van der Waals surface area contributed by atoms with Crippen molar-refractivity contribution in [3.8, 4) is 0 Å². The van der Waals surface area contributed by atoms with Gasteiger partial charge in [0.2, 0.25) is 0 Å². The summed E-state index contributed by atoms with van der Waals surface area (Å²) in [6, 6.07) is 0. The van der Waals surface area contributed by atoms with Gasteiger partial charge in [0.15, 0.2) is 6.10 Å². The zero-order valence-corrected chi connectivity index (χ0v) is 51.0. The molecule has 0 saturated carbocycles. The number of esters is 3. The molecular weight excluding hydrogens is 937 g/mol. The minimum absolute atomic E-state index is 0.0761. The lowest BCUT2D eigenvalue weighted by molar-refractivity contribution is -0.167. The van der Waals surface area contributed by atoms with E-state index in [9.17, 15) is 14.4 Å². The summed E-state index contributed by atoms with van der Waals surface area (Å²) in [6.07, 6.45) is 81.3. The molecule has 1 atom stereocenters. The molecule has 0 bridgehead atoms. The second-order valence-electron chi connectivity index (χ2n) is 22.7. The summed E-state index contributed by atoms with van der Waals surface area (Å²) < 4.78 is 16.9. The molecule has 0 aliphatic carbocycles. The van der Waals surface area contributed by atoms with Gasteiger partial charge in [-0.15, -0.1) is 0 Å². The summed E-state index contributed by atoms with van der Waals surface area (Å²) in [6.45, 7) is 6.57. The van der Waals surface area contributed by atoms with Crippen LogP contribution in [0.25, 0.3) is 0 Å². The van der Waals surface area contributed by atoms with Gasteiger partial charge in [-0.2, -0.15) is 0 Å². The molecule has 0 aromatic rings. The van der Waals surface area contributed by atoms with Crippen molar-refractivity contribution in [3.05, 3.63) is 48.6 Å². The Morgan fingerprint density at radius 2 is 0.513 bits per heavy atom. The Labute approximate surface area is 473 Å². The van der Waals surface area contributed by atoms with Crippen LogP contribution in [0.1, 0.15) is 361 Å². The first-order valence-electron chi connectivity index (χ1n) is 33.6. The van der Waals surface area contributed by atoms with Gasteiger partial charge < -0.3 is 14.2 Å². The Morgan fingerprint density at radius 1 is 0.276 bits per heavy atom. The van der Waals surface area contributed by atoms with Crippen LogP contribution in [0.4, 0.5) is 0 Å². The fourth-order valence-corrected chi connectivity index (χ4v) is 10.0. The van der Waals surface area contributed by atoms with Gasteiger partial charge in [-0.3, -0.25) is 14.4 Å². The monoisotopic (exact) mass is 1060 g/mol. The van der Waals surface area contributed by atoms with E-state index in [2.05, 4.69) is 69.4 Å². The molecule has 0 aromatic heterocycles. The zero-order chi connectivity index (χ0) is 55.0. The summed E-state index contributed by atoms with van der Waals surface area (Å²) in [5.74, 6) is -0.872. The Bertz CT molecular complexity index is 1310. The third-order valence-electron chi connectivity index (χ3n) is 15.1. The molecule has 0 aliphatic rings. The van der Waals surface area contributed by atoms with E-state index in [4.69, 9.17) is 14.2 Å². The third kappa shape index (κ3) is 62.2. The molecule has 0 spiro atoms. The largest absolute Gasteiger partial charge is 0.462 e. The molecule has 1 unspecified atom stereocenters. The summed E-state index contributed by atoms with van der Waals surface area (Å²) in [5, 5.41) is 0. The van der Waals surface area contributed by atoms with Gasteiger partial charge in [-0.1, -0.05) is 313 Å². The van der Waals surface area contributed by atoms with Crippen molar-refractivity contribution in [2.45, 2.75) is 367 Å². The SMILES string of the molecule is CC/C=C\C/C=C\C/C=C\CCCCCCCCCC(=O)OC(COC(=O)CCCCCCC/C=C\CCCCCCCC)COC(=O)CCCCCCCCCCCCCCCCCCCCCCCCCCCC. The lowest BCUT2D eigenvalue weighted by Gasteiger charge is -2.18. The van der Waals surface area contributed by atoms with Gasteiger partial charge in [0.25, 0.3) is 0 Å². The molecule has 6 heteroatoms. The Kier molecular flexibility index (Phi) is 62.6. The highest BCUT2D eigenvalue weighted by molar-refractivity contribution is 5.71. The van der Waals surface area contributed by atoms with Crippen molar-refractivity contribution in [3.63, 3.8) is 0 Å². The summed E-state index contributed by atoms with van der Waals surface area (Å²) >= 11 is 0. The summed E-state index contributed by atoms with van der Waals surface area (Å²) in [4.78, 5) is 38.3. The second-order valence-corrected chi connectivity index (χ2v) is 22.7. The highest BCUT2D eigenvalue weighted by Crippen LogP contribution is 2.18. The summed E-state index contributed by atoms with van der Waals surface area (Å²) in [7, 11) is 0. The van der Waals surface area contributed by atoms with Gasteiger partial charge in [0.1, 0.15) is 13.2 Å². The van der Waals surface area contributed by atoms with Gasteiger partial charge >= 0.3 is 17.9 Å². The quantitative estimate of drug-likeness (QED) is 0.0261. The Balaban J connectivity index is 4.25. The molecule has 0 saturated heterocycles. The van der Waals surface area contributed by atoms with Crippen molar-refractivity contribution in [1.29, 1.82) is 0 Å². The molecule has 0 radical (unpaired) electrons. The maximum atomic E-state index is 12.9. The molecule has 0 aliphatic heterocycles. The van der Waals surface area contributed by atoms with Crippen LogP contribution in [0.3, 0.4) is 0 Å². The van der Waals surface area contributed by atoms with Crippen molar-refractivity contribution >= 4 is 17.9 Å². The minimum Gasteiger partial charge on any atom is -0.462 e. The predicted octanol–water partition coefficient (Wildman–Crippen LogP) is 22.9. The van der Waals surface area contributed by atoms with Gasteiger partial charge in [-0.05, 0) is 77.0 Å². The van der Waals surface area contributed by atoms with E-state index in [1.807, 2.05) is 0 Å². The molecule has 0 aromatic carbocycles. The number of allylic oxidation sites excluding steroid dienone is 8. The number of carbonyl (C=O) groups excluding carboxylic acids is 3. The van der Waals surface area contributed by atoms with Gasteiger partial charge in [-0.25, -0.2) is 0 Å². The standard InChI is InChI=1S/C70H128O6/c1-4-7-10-13-16-19-22-25-28-30-31-32-33-34-35-36-37-38-40-42-45-48-51-54-57-60-63-69(72)75-66-67(65-74-68(71)62-59-56-53-50-47-44-41-27-24-21-18-15-12-9-6-3)76-70(73)64-61-58-55-52-49-46-43-39-29-26-23-20-17-14-11-8-5-2/h8,11,17,20,26-27,29,41,67H,4-7,9-10,12-16,18-19,21-25,28,30-40,42-66H2,1-3H3/b11-8-,20-17-,29-26-,41-27-. The Morgan fingerprint density at radius 3 is 0.816 bits per heavy atom. The maximum absolute atomic E-state index is 12.9. The van der Waals surface area contributed by atoms with Crippen LogP contribution in [0.2, 0.25) is 0 Å². The maximum Gasteiger partial charge on any atom is 0.306 e. The van der Waals surface area contributed by atoms with E-state index in [0.717, 1.165) is 89.9 Å². The van der Waals surface area contributed by atoms with Crippen LogP contribution in [0, 0.1) is 0 Å². The normalized spacial score (nSPS) is 12.3. The van der Waals surface area contributed by atoms with E-state index in [-0.39, 0.29) is 31.1 Å². The number of ether oxygens (including phenoxy) is 3. The molecule has 444 valence electrons. The molecule has 6 nitrogen and oxygen atoms in total. The molecule has 0 fully saturated rings. The van der Waals surface area contributed by atoms with E-state index < -0.39 is 6.10 Å². The van der Waals surface area contributed by atoms with Crippen LogP contribution < -0.4 is 0 Å². The van der Waals surface area contributed by atoms with Crippen LogP contribution in [0.5, 0.6) is 0 Å². The average molecular weight is 1070 g/mol. The van der Waals surface area contributed by atoms with E-state index in [1.165, 1.54) is 231 Å². The highest BCUT2D eigenvalue weighted by atomic mass is 16.6. The first-order valence-corrected chi connectivity index (χ1v) is 33.6. The van der Waals surface area contributed by atoms with Crippen LogP contribution in [-0.2, 0) is 28.6 Å². The number of hydrogen-bond acceptors (Lipinski definition) is 6. The lowest BCUT2D eigenvalue weighted by Crippen LogP contribution is -2.30. The fraction of sp³-hybridized carbons (Fsp3) is 0.843. The number of rotatable bonds is 62. The molecule has 0 amide bonds. The highest BCUT2D eigenvalue weighted by Gasteiger charge is 2.19. The topological polar surface area (TPSA) is 78.9 Å². The fourth-order valence-electron chi connectivity index (χ4n) is 10.0. The summed E-state index contributed by atoms with van der Waals surface area (Å²) in [5.41, 5.74) is 0. The second kappa shape index (κ2) is 64.9. The molecule has 0 heterocycles. The number of carbonyl (C=O) groups is 3. The lowest BCUT2D eigenvalue weighted by atomic mass is 10.0. The van der Waals surface area contributed by atoms with E-state index >= 15 is 0 Å². The van der Waals surface area contributed by atoms with Crippen molar-refractivity contribution < 1.29 is 28.6 Å². The molecule has 76 heavy (non-hydrogen) atoms.